The molecular weight excluding hydrogens is 419 g/mol. The Balaban J connectivity index is 2.34. The van der Waals surface area contributed by atoms with Crippen molar-refractivity contribution in [2.75, 3.05) is 6.61 Å². The van der Waals surface area contributed by atoms with E-state index in [0.29, 0.717) is 6.61 Å². The Labute approximate surface area is 144 Å². The Bertz CT molecular complexity index is 339. The SMILES string of the molecule is CCCCCCC/C=C(\I)C1COC(C(Cl)(Cl)Cl)=N1. The number of hydrogen-bond acceptors (Lipinski definition) is 2. The van der Waals surface area contributed by atoms with Crippen molar-refractivity contribution in [3.8, 4) is 0 Å². The molecule has 1 aliphatic rings. The zero-order valence-corrected chi connectivity index (χ0v) is 15.4. The lowest BCUT2D eigenvalue weighted by molar-refractivity contribution is 0.325. The van der Waals surface area contributed by atoms with Gasteiger partial charge in [-0.3, -0.25) is 0 Å². The van der Waals surface area contributed by atoms with Gasteiger partial charge >= 0.3 is 0 Å². The van der Waals surface area contributed by atoms with Crippen molar-refractivity contribution in [1.29, 1.82) is 0 Å². The van der Waals surface area contributed by atoms with Crippen molar-refractivity contribution in [2.24, 2.45) is 4.99 Å². The molecule has 6 heteroatoms. The first kappa shape index (κ1) is 17.9. The van der Waals surface area contributed by atoms with E-state index in [1.807, 2.05) is 0 Å². The van der Waals surface area contributed by atoms with Crippen LogP contribution < -0.4 is 0 Å². The van der Waals surface area contributed by atoms with Crippen molar-refractivity contribution in [3.05, 3.63) is 9.66 Å². The van der Waals surface area contributed by atoms with Crippen molar-refractivity contribution in [1.82, 2.24) is 0 Å². The van der Waals surface area contributed by atoms with Crippen LogP contribution in [0.25, 0.3) is 0 Å². The van der Waals surface area contributed by atoms with E-state index >= 15 is 0 Å². The summed E-state index contributed by atoms with van der Waals surface area (Å²) in [4.78, 5) is 4.31. The van der Waals surface area contributed by atoms with Gasteiger partial charge in [0.05, 0.1) is 0 Å². The zero-order chi connectivity index (χ0) is 14.3. The first-order valence-corrected chi connectivity index (χ1v) is 8.79. The number of unbranched alkanes of at least 4 members (excludes halogenated alkanes) is 5. The molecule has 0 fully saturated rings. The van der Waals surface area contributed by atoms with Crippen LogP contribution in [0.15, 0.2) is 14.6 Å². The van der Waals surface area contributed by atoms with Gasteiger partial charge in [0.25, 0.3) is 3.79 Å². The van der Waals surface area contributed by atoms with Crippen LogP contribution in [0, 0.1) is 0 Å². The molecule has 1 unspecified atom stereocenters. The van der Waals surface area contributed by atoms with Crippen molar-refractivity contribution < 1.29 is 4.74 Å². The summed E-state index contributed by atoms with van der Waals surface area (Å²) in [5, 5.41) is 0. The van der Waals surface area contributed by atoms with E-state index in [9.17, 15) is 0 Å². The third-order valence-corrected chi connectivity index (χ3v) is 4.50. The summed E-state index contributed by atoms with van der Waals surface area (Å²) in [6.45, 7) is 2.69. The van der Waals surface area contributed by atoms with Crippen molar-refractivity contribution in [3.63, 3.8) is 0 Å². The highest BCUT2D eigenvalue weighted by Crippen LogP contribution is 2.33. The van der Waals surface area contributed by atoms with E-state index in [1.54, 1.807) is 0 Å². The smallest absolute Gasteiger partial charge is 0.266 e. The highest BCUT2D eigenvalue weighted by atomic mass is 127. The minimum atomic E-state index is -1.55. The maximum Gasteiger partial charge on any atom is 0.266 e. The fourth-order valence-electron chi connectivity index (χ4n) is 1.79. The summed E-state index contributed by atoms with van der Waals surface area (Å²) >= 11 is 19.5. The molecule has 1 aliphatic heterocycles. The van der Waals surface area contributed by atoms with Crippen LogP contribution in [0.2, 0.25) is 0 Å². The van der Waals surface area contributed by atoms with Crippen molar-refractivity contribution in [2.45, 2.75) is 55.3 Å². The molecule has 0 aromatic heterocycles. The maximum atomic E-state index is 5.74. The molecule has 0 radical (unpaired) electrons. The zero-order valence-electron chi connectivity index (χ0n) is 11.0. The molecule has 110 valence electrons. The lowest BCUT2D eigenvalue weighted by Gasteiger charge is -2.08. The molecule has 0 aliphatic carbocycles. The third-order valence-electron chi connectivity index (χ3n) is 2.86. The fraction of sp³-hybridized carbons (Fsp3) is 0.769. The van der Waals surface area contributed by atoms with E-state index in [4.69, 9.17) is 39.5 Å². The van der Waals surface area contributed by atoms with Gasteiger partial charge in [-0.05, 0) is 35.4 Å². The predicted octanol–water partition coefficient (Wildman–Crippen LogP) is 5.83. The van der Waals surface area contributed by atoms with Gasteiger partial charge in [-0.2, -0.15) is 0 Å². The molecule has 2 nitrogen and oxygen atoms in total. The van der Waals surface area contributed by atoms with Crippen LogP contribution in [0.5, 0.6) is 0 Å². The summed E-state index contributed by atoms with van der Waals surface area (Å²) in [5.41, 5.74) is 0. The maximum absolute atomic E-state index is 5.74. The molecule has 0 aromatic rings. The topological polar surface area (TPSA) is 21.6 Å². The summed E-state index contributed by atoms with van der Waals surface area (Å²) in [6.07, 6.45) is 9.74. The Kier molecular flexibility index (Phi) is 8.42. The minimum absolute atomic E-state index is 0.0122. The molecule has 0 aromatic carbocycles. The second-order valence-corrected chi connectivity index (χ2v) is 8.08. The van der Waals surface area contributed by atoms with Gasteiger partial charge in [0.1, 0.15) is 12.6 Å². The highest BCUT2D eigenvalue weighted by molar-refractivity contribution is 14.1. The van der Waals surface area contributed by atoms with Crippen LogP contribution in [-0.2, 0) is 4.74 Å². The molecule has 19 heavy (non-hydrogen) atoms. The predicted molar refractivity (Wildman–Crippen MR) is 92.9 cm³/mol. The Morgan fingerprint density at radius 1 is 1.37 bits per heavy atom. The monoisotopic (exact) mass is 437 g/mol. The Morgan fingerprint density at radius 2 is 2.05 bits per heavy atom. The van der Waals surface area contributed by atoms with Crippen LogP contribution in [0.4, 0.5) is 0 Å². The van der Waals surface area contributed by atoms with Gasteiger partial charge in [-0.25, -0.2) is 4.99 Å². The number of alkyl halides is 3. The number of halogens is 4. The van der Waals surface area contributed by atoms with Crippen LogP contribution in [0.3, 0.4) is 0 Å². The number of hydrogen-bond donors (Lipinski definition) is 0. The number of rotatable bonds is 7. The molecule has 0 saturated heterocycles. The molecule has 0 spiro atoms. The first-order chi connectivity index (χ1) is 8.95. The van der Waals surface area contributed by atoms with Crippen LogP contribution in [-0.4, -0.2) is 22.3 Å². The number of aliphatic imine (C=N–C) groups is 1. The second-order valence-electron chi connectivity index (χ2n) is 4.55. The van der Waals surface area contributed by atoms with Gasteiger partial charge in [0.15, 0.2) is 0 Å². The summed E-state index contributed by atoms with van der Waals surface area (Å²) in [6, 6.07) is -0.0122. The second kappa shape index (κ2) is 8.96. The van der Waals surface area contributed by atoms with Gasteiger partial charge in [0, 0.05) is 3.58 Å². The van der Waals surface area contributed by atoms with E-state index in [1.165, 1.54) is 32.1 Å². The van der Waals surface area contributed by atoms with Crippen LogP contribution >= 0.6 is 57.4 Å². The number of allylic oxidation sites excluding steroid dienone is 1. The Morgan fingerprint density at radius 3 is 2.63 bits per heavy atom. The Hall–Kier alpha value is 0.810. The molecule has 0 saturated carbocycles. The number of nitrogens with zero attached hydrogens (tertiary/aromatic N) is 1. The first-order valence-electron chi connectivity index (χ1n) is 6.58. The van der Waals surface area contributed by atoms with Gasteiger partial charge in [-0.1, -0.05) is 73.5 Å². The molecule has 0 bridgehead atoms. The normalized spacial score (nSPS) is 20.4. The summed E-state index contributed by atoms with van der Waals surface area (Å²) < 4.78 is 4.93. The average Bonchev–Trinajstić information content (AvgIpc) is 2.82. The standard InChI is InChI=1S/C13H19Cl3INO/c1-2-3-4-5-6-7-8-10(17)11-9-19-12(18-11)13(14,15)16/h8,11H,2-7,9H2,1H3/b10-8-. The lowest BCUT2D eigenvalue weighted by Crippen LogP contribution is -2.18. The third kappa shape index (κ3) is 6.87. The van der Waals surface area contributed by atoms with Gasteiger partial charge < -0.3 is 4.74 Å². The van der Waals surface area contributed by atoms with E-state index in [0.717, 1.165) is 10.0 Å². The summed E-state index contributed by atoms with van der Waals surface area (Å²) in [5.74, 6) is 0.202. The lowest BCUT2D eigenvalue weighted by atomic mass is 10.1. The molecule has 1 atom stereocenters. The fourth-order valence-corrected chi connectivity index (χ4v) is 2.73. The largest absolute Gasteiger partial charge is 0.475 e. The highest BCUT2D eigenvalue weighted by Gasteiger charge is 2.35. The molecule has 0 N–H and O–H groups in total. The quantitative estimate of drug-likeness (QED) is 0.278. The molecule has 1 rings (SSSR count). The molecule has 1 heterocycles. The average molecular weight is 439 g/mol. The van der Waals surface area contributed by atoms with E-state index < -0.39 is 3.79 Å². The van der Waals surface area contributed by atoms with E-state index in [2.05, 4.69) is 40.6 Å². The van der Waals surface area contributed by atoms with Crippen molar-refractivity contribution >= 4 is 63.3 Å². The summed E-state index contributed by atoms with van der Waals surface area (Å²) in [7, 11) is 0. The molecular formula is C13H19Cl3INO. The van der Waals surface area contributed by atoms with Gasteiger partial charge in [-0.15, -0.1) is 0 Å². The number of ether oxygens (including phenoxy) is 1. The van der Waals surface area contributed by atoms with Crippen LogP contribution in [0.1, 0.15) is 45.4 Å². The van der Waals surface area contributed by atoms with E-state index in [-0.39, 0.29) is 11.9 Å². The molecule has 0 amide bonds. The van der Waals surface area contributed by atoms with Gasteiger partial charge in [0.2, 0.25) is 5.90 Å². The minimum Gasteiger partial charge on any atom is -0.475 e.